The Hall–Kier alpha value is -5.20. The Labute approximate surface area is 646 Å². The number of hydrogen-bond acceptors (Lipinski definition) is 3. The van der Waals surface area contributed by atoms with Crippen molar-refractivity contribution in [3.63, 3.8) is 0 Å². The third-order valence-electron chi connectivity index (χ3n) is 17.2. The van der Waals surface area contributed by atoms with E-state index in [1.807, 2.05) is 20.8 Å². The molecule has 0 radical (unpaired) electrons. The third-order valence-corrected chi connectivity index (χ3v) is 18.5. The molecule has 0 spiro atoms. The second kappa shape index (κ2) is 34.6. The maximum atomic E-state index is 8.47. The van der Waals surface area contributed by atoms with E-state index in [1.54, 1.807) is 0 Å². The first kappa shape index (κ1) is 77.0. The summed E-state index contributed by atoms with van der Waals surface area (Å²) >= 11 is 16.7. The summed E-state index contributed by atoms with van der Waals surface area (Å²) in [6, 6.07) is 74.2. The number of hydrogen-bond donors (Lipinski definition) is 0. The van der Waals surface area contributed by atoms with Crippen LogP contribution in [0.4, 0.5) is 0 Å². The van der Waals surface area contributed by atoms with Crippen molar-refractivity contribution in [1.29, 1.82) is 0 Å². The fourth-order valence-corrected chi connectivity index (χ4v) is 14.3. The second-order valence-electron chi connectivity index (χ2n) is 28.0. The van der Waals surface area contributed by atoms with Gasteiger partial charge in [-0.3, -0.25) is 13.5 Å². The largest absolute Gasteiger partial charge is 2.00 e. The molecule has 13 heteroatoms. The molecule has 0 aromatic heterocycles. The van der Waals surface area contributed by atoms with E-state index in [9.17, 15) is 0 Å². The predicted molar refractivity (Wildman–Crippen MR) is 449 cm³/mol. The minimum absolute atomic E-state index is 0. The average molecular weight is 1700 g/mol. The van der Waals surface area contributed by atoms with Crippen LogP contribution in [0.5, 0.6) is 0 Å². The molecule has 0 atom stereocenters. The number of benzene rings is 16. The van der Waals surface area contributed by atoms with E-state index in [4.69, 9.17) is 60.2 Å². The Morgan fingerprint density at radius 1 is 0.367 bits per heavy atom. The SMILES string of the molecule is BrBr.CC(C)(C)Cl.CC(C)(C)c1cc2ccc3c(Br)cc(Br)c4ccc(c1)c2c34.CC(C)(C)c1cc2ccc3cccc4ccc(c1)c2c34.Cc1cc(C)c2ccc3cc(C(C)(C)C)cc4ccc1c2c43.[2H]C=O.[2H][C-]=O.[2H][C-]=O.[Cl][Al]([Cl])[Cl].[Ni+2].c1cc2ccc3cccc4ccc(c1)c2c34. The number of alkyl halides is 1. The van der Waals surface area contributed by atoms with Gasteiger partial charge in [-0.25, -0.2) is 30.1 Å². The van der Waals surface area contributed by atoms with Crippen LogP contribution in [0.15, 0.2) is 209 Å². The van der Waals surface area contributed by atoms with Gasteiger partial charge >= 0.3 is 27.9 Å². The van der Waals surface area contributed by atoms with Gasteiger partial charge in [-0.05, 0) is 214 Å². The van der Waals surface area contributed by atoms with Crippen LogP contribution < -0.4 is 0 Å². The van der Waals surface area contributed by atoms with E-state index in [0.717, 1.165) is 22.5 Å². The molecule has 0 unspecified atom stereocenters. The molecule has 16 aromatic rings. The second-order valence-corrected chi connectivity index (χ2v) is 37.3. The maximum absolute atomic E-state index is 8.47. The summed E-state index contributed by atoms with van der Waals surface area (Å²) in [6.07, 6.45) is 0. The first-order valence-electron chi connectivity index (χ1n) is 33.0. The van der Waals surface area contributed by atoms with Crippen LogP contribution in [-0.2, 0) is 47.1 Å². The minimum Gasteiger partial charge on any atom is -0.545 e. The number of halogens is 8. The van der Waals surface area contributed by atoms with Gasteiger partial charge in [0.1, 0.15) is 8.14 Å². The molecule has 0 bridgehead atoms. The van der Waals surface area contributed by atoms with E-state index in [0.29, 0.717) is 0 Å². The molecule has 0 aliphatic carbocycles. The molecule has 0 saturated carbocycles. The summed E-state index contributed by atoms with van der Waals surface area (Å²) in [6.45, 7) is 32.3. The molecule has 0 saturated heterocycles. The summed E-state index contributed by atoms with van der Waals surface area (Å²) in [5.74, 6) is 0. The Bertz CT molecular complexity index is 4930. The zero-order valence-electron chi connectivity index (χ0n) is 60.3. The van der Waals surface area contributed by atoms with Crippen molar-refractivity contribution in [3.05, 3.63) is 237 Å². The van der Waals surface area contributed by atoms with Gasteiger partial charge in [0.2, 0.25) is 0 Å². The molecule has 3 nitrogen and oxygen atoms in total. The van der Waals surface area contributed by atoms with Gasteiger partial charge in [0.05, 0.1) is 0 Å². The number of rotatable bonds is 0. The molecular formula is C85H79AlBr4Cl4NiO3. The van der Waals surface area contributed by atoms with Crippen molar-refractivity contribution in [1.82, 2.24) is 0 Å². The van der Waals surface area contributed by atoms with Crippen LogP contribution in [0.1, 0.15) is 115 Å². The van der Waals surface area contributed by atoms with Crippen molar-refractivity contribution in [3.8, 4) is 0 Å². The number of aryl methyl sites for hydroxylation is 2. The van der Waals surface area contributed by atoms with Crippen molar-refractivity contribution >= 4 is 263 Å². The molecular weight excluding hydrogens is 1620 g/mol. The molecule has 0 aliphatic heterocycles. The summed E-state index contributed by atoms with van der Waals surface area (Å²) in [5, 5.41) is 32.6. The number of carbonyl (C=O) groups excluding carboxylic acids is 3. The molecule has 16 aromatic carbocycles. The summed E-state index contributed by atoms with van der Waals surface area (Å²) < 4.78 is 18.6. The van der Waals surface area contributed by atoms with Crippen LogP contribution in [0.2, 0.25) is 0 Å². The van der Waals surface area contributed by atoms with Gasteiger partial charge in [-0.15, -0.1) is 11.6 Å². The first-order chi connectivity index (χ1) is 47.2. The van der Waals surface area contributed by atoms with Crippen LogP contribution >= 0.6 is 102 Å². The minimum atomic E-state index is -1.72. The Morgan fingerprint density at radius 3 is 0.765 bits per heavy atom. The molecule has 0 fully saturated rings. The average Bonchev–Trinajstić information content (AvgIpc) is 0.741. The fourth-order valence-electron chi connectivity index (χ4n) is 12.9. The van der Waals surface area contributed by atoms with Crippen LogP contribution in [-0.4, -0.2) is 36.6 Å². The molecule has 506 valence electrons. The van der Waals surface area contributed by atoms with Crippen molar-refractivity contribution in [2.45, 2.75) is 118 Å². The topological polar surface area (TPSA) is 51.2 Å². The van der Waals surface area contributed by atoms with Crippen molar-refractivity contribution < 1.29 is 35.0 Å². The quantitative estimate of drug-likeness (QED) is 0.0500. The van der Waals surface area contributed by atoms with E-state index in [1.165, 1.54) is 157 Å². The van der Waals surface area contributed by atoms with Gasteiger partial charge in [-0.1, -0.05) is 288 Å². The monoisotopic (exact) mass is 1690 g/mol. The fraction of sp³-hybridized carbons (Fsp3) is 0.212. The normalized spacial score (nSPS) is 11.6. The van der Waals surface area contributed by atoms with Crippen LogP contribution in [0, 0.1) is 13.8 Å². The Morgan fingerprint density at radius 2 is 0.541 bits per heavy atom. The Kier molecular flexibility index (Phi) is 27.2. The van der Waals surface area contributed by atoms with Crippen molar-refractivity contribution in [2.75, 3.05) is 0 Å². The predicted octanol–water partition coefficient (Wildman–Crippen LogP) is 29.0. The van der Waals surface area contributed by atoms with E-state index >= 15 is 0 Å². The molecule has 0 heterocycles. The van der Waals surface area contributed by atoms with Gasteiger partial charge in [0.15, 0.2) is 0 Å². The van der Waals surface area contributed by atoms with E-state index < -0.39 is 11.4 Å². The zero-order valence-corrected chi connectivity index (χ0v) is 68.8. The zero-order chi connectivity index (χ0) is 73.9. The third kappa shape index (κ3) is 18.5. The molecule has 0 amide bonds. The van der Waals surface area contributed by atoms with E-state index in [-0.39, 0.29) is 44.4 Å². The van der Waals surface area contributed by atoms with Gasteiger partial charge in [0.25, 0.3) is 0 Å². The first-order valence-corrected chi connectivity index (χ1v) is 42.3. The molecule has 0 N–H and O–H groups in total. The van der Waals surface area contributed by atoms with E-state index in [2.05, 4.69) is 336 Å². The van der Waals surface area contributed by atoms with Gasteiger partial charge in [-0.2, -0.15) is 2.74 Å². The summed E-state index contributed by atoms with van der Waals surface area (Å²) in [4.78, 5) is 25.1. The summed E-state index contributed by atoms with van der Waals surface area (Å²) in [7, 11) is 14.8. The number of carbonyl (C=O) groups is 1. The van der Waals surface area contributed by atoms with Gasteiger partial charge < -0.3 is 14.4 Å². The standard InChI is InChI=1S/C22H22.C20H16Br2.C20H18.C16H10.C4H9Cl.CH2O.2CHO.Al.Br2.3ClH.Ni/c1-13-10-14(2)19-9-7-16-12-17(22(3,4)5)11-15-6-8-18(13)21(19)20(15)16;1-20(2,3)13-8-11-4-6-14-16(21)10-17(22)15-7-5-12(9-13)18(11)19(14)15;1-20(2,3)17-11-15-9-7-13-5-4-6-14-8-10-16(12-17)19(15)18(13)14;1-3-11-7-9-13-5-2-6-14-10-8-12(4-1)15(11)16(13)14;1-4(2,3)5;3*1-2;;1-2;;;;/h6-12H,1-5H3;4-10H,1-3H3;4-12H,1-3H3;1-10H;1-3H3;1H2;2*1H;;;3*1H;/q;;;;;;2*-1;+3;;;;;+2/p-3/i;;;;;3*1D;;;;;;. The molecule has 98 heavy (non-hydrogen) atoms. The maximum Gasteiger partial charge on any atom is 2.00 e. The van der Waals surface area contributed by atoms with Crippen LogP contribution in [0.3, 0.4) is 0 Å². The summed E-state index contributed by atoms with van der Waals surface area (Å²) in [5.41, 5.74) is 7.47. The molecule has 16 rings (SSSR count). The van der Waals surface area contributed by atoms with Gasteiger partial charge in [0, 0.05) is 42.1 Å². The smallest absolute Gasteiger partial charge is 0.545 e. The van der Waals surface area contributed by atoms with Crippen molar-refractivity contribution in [2.24, 2.45) is 0 Å². The molecule has 0 aliphatic rings. The Balaban J connectivity index is 0.000000194. The van der Waals surface area contributed by atoms with Crippen LogP contribution in [0.25, 0.3) is 129 Å².